The summed E-state index contributed by atoms with van der Waals surface area (Å²) in [6, 6.07) is 6.53. The number of hydrogen-bond donors (Lipinski definition) is 3. The van der Waals surface area contributed by atoms with Gasteiger partial charge in [-0.05, 0) is 24.1 Å². The summed E-state index contributed by atoms with van der Waals surface area (Å²) >= 11 is 7.07. The molecule has 0 aliphatic carbocycles. The van der Waals surface area contributed by atoms with E-state index in [0.29, 0.717) is 18.0 Å². The maximum Gasteiger partial charge on any atom is 0.321 e. The number of amides is 1. The van der Waals surface area contributed by atoms with E-state index in [4.69, 9.17) is 22.4 Å². The number of aliphatic carboxylic acids is 1. The quantitative estimate of drug-likeness (QED) is 0.669. The van der Waals surface area contributed by atoms with Crippen LogP contribution in [-0.4, -0.2) is 41.1 Å². The molecule has 110 valence electrons. The van der Waals surface area contributed by atoms with Crippen molar-refractivity contribution in [1.29, 1.82) is 0 Å². The molecule has 1 rings (SSSR count). The van der Waals surface area contributed by atoms with Crippen molar-refractivity contribution in [3.05, 3.63) is 34.9 Å². The summed E-state index contributed by atoms with van der Waals surface area (Å²) < 4.78 is 0. The number of nitrogens with one attached hydrogen (secondary N) is 1. The lowest BCUT2D eigenvalue weighted by molar-refractivity contribution is -0.138. The van der Waals surface area contributed by atoms with Crippen LogP contribution in [0.5, 0.6) is 0 Å². The first-order valence-corrected chi connectivity index (χ1v) is 7.59. The average molecular weight is 317 g/mol. The van der Waals surface area contributed by atoms with Gasteiger partial charge >= 0.3 is 5.97 Å². The Morgan fingerprint density at radius 3 is 2.85 bits per heavy atom. The number of carbonyl (C=O) groups excluding carboxylic acids is 1. The lowest BCUT2D eigenvalue weighted by Crippen LogP contribution is -2.33. The number of halogens is 1. The predicted octanol–water partition coefficient (Wildman–Crippen LogP) is 1.14. The van der Waals surface area contributed by atoms with Crippen molar-refractivity contribution < 1.29 is 14.7 Å². The Hall–Kier alpha value is -1.24. The van der Waals surface area contributed by atoms with Gasteiger partial charge in [-0.2, -0.15) is 0 Å². The minimum absolute atomic E-state index is 0.130. The first-order chi connectivity index (χ1) is 9.49. The highest BCUT2D eigenvalue weighted by Crippen LogP contribution is 2.10. The molecular formula is C13H17ClN2O3S. The zero-order chi connectivity index (χ0) is 15.0. The van der Waals surface area contributed by atoms with Gasteiger partial charge in [0.2, 0.25) is 5.91 Å². The summed E-state index contributed by atoms with van der Waals surface area (Å²) in [6.07, 6.45) is 0.700. The fraction of sp³-hybridized carbons (Fsp3) is 0.385. The number of nitrogens with two attached hydrogens (primary N) is 1. The Morgan fingerprint density at radius 1 is 1.45 bits per heavy atom. The van der Waals surface area contributed by atoms with Crippen LogP contribution < -0.4 is 11.1 Å². The molecule has 0 radical (unpaired) electrons. The largest absolute Gasteiger partial charge is 0.480 e. The van der Waals surface area contributed by atoms with Crippen molar-refractivity contribution in [2.24, 2.45) is 5.73 Å². The molecule has 1 amide bonds. The van der Waals surface area contributed by atoms with E-state index in [-0.39, 0.29) is 17.4 Å². The number of carboxylic acids is 1. The molecule has 0 heterocycles. The van der Waals surface area contributed by atoms with Crippen molar-refractivity contribution in [1.82, 2.24) is 5.32 Å². The fourth-order valence-electron chi connectivity index (χ4n) is 1.44. The average Bonchev–Trinajstić information content (AvgIpc) is 2.38. The second-order valence-electron chi connectivity index (χ2n) is 4.19. The van der Waals surface area contributed by atoms with Crippen LogP contribution >= 0.6 is 23.4 Å². The zero-order valence-corrected chi connectivity index (χ0v) is 12.4. The van der Waals surface area contributed by atoms with Crippen LogP contribution in [0.15, 0.2) is 24.3 Å². The van der Waals surface area contributed by atoms with E-state index in [1.807, 2.05) is 18.2 Å². The first-order valence-electron chi connectivity index (χ1n) is 6.06. The number of rotatable bonds is 8. The fourth-order valence-corrected chi connectivity index (χ4v) is 2.45. The zero-order valence-electron chi connectivity index (χ0n) is 10.8. The maximum absolute atomic E-state index is 11.5. The van der Waals surface area contributed by atoms with Crippen LogP contribution in [0.2, 0.25) is 5.02 Å². The normalized spacial score (nSPS) is 11.9. The molecule has 0 unspecified atom stereocenters. The summed E-state index contributed by atoms with van der Waals surface area (Å²) in [4.78, 5) is 22.0. The SMILES string of the molecule is N[C@H](CSCC(=O)NCCc1cccc(Cl)c1)C(=O)O. The third kappa shape index (κ3) is 6.79. The Labute approximate surface area is 126 Å². The third-order valence-electron chi connectivity index (χ3n) is 2.47. The molecule has 20 heavy (non-hydrogen) atoms. The maximum atomic E-state index is 11.5. The van der Waals surface area contributed by atoms with E-state index in [9.17, 15) is 9.59 Å². The minimum atomic E-state index is -1.06. The van der Waals surface area contributed by atoms with Crippen molar-refractivity contribution >= 4 is 35.2 Å². The van der Waals surface area contributed by atoms with Crippen LogP contribution in [0.25, 0.3) is 0 Å². The molecular weight excluding hydrogens is 300 g/mol. The molecule has 0 spiro atoms. The number of benzene rings is 1. The topological polar surface area (TPSA) is 92.4 Å². The van der Waals surface area contributed by atoms with E-state index in [0.717, 1.165) is 5.56 Å². The highest BCUT2D eigenvalue weighted by Gasteiger charge is 2.11. The van der Waals surface area contributed by atoms with Gasteiger partial charge in [-0.3, -0.25) is 9.59 Å². The smallest absolute Gasteiger partial charge is 0.321 e. The van der Waals surface area contributed by atoms with Gasteiger partial charge in [0.25, 0.3) is 0 Å². The summed E-state index contributed by atoms with van der Waals surface area (Å²) in [5.74, 6) is -0.762. The molecule has 5 nitrogen and oxygen atoms in total. The Balaban J connectivity index is 2.16. The standard InChI is InChI=1S/C13H17ClN2O3S/c14-10-3-1-2-9(6-10)4-5-16-12(17)8-20-7-11(15)13(18)19/h1-3,6,11H,4-5,7-8,15H2,(H,16,17)(H,18,19)/t11-/m1/s1. The van der Waals surface area contributed by atoms with Crippen LogP contribution in [0.1, 0.15) is 5.56 Å². The molecule has 0 aliphatic heterocycles. The summed E-state index contributed by atoms with van der Waals surface area (Å²) in [7, 11) is 0. The summed E-state index contributed by atoms with van der Waals surface area (Å²) in [6.45, 7) is 0.519. The van der Waals surface area contributed by atoms with E-state index in [2.05, 4.69) is 5.32 Å². The monoisotopic (exact) mass is 316 g/mol. The van der Waals surface area contributed by atoms with E-state index in [1.165, 1.54) is 11.8 Å². The van der Waals surface area contributed by atoms with E-state index in [1.54, 1.807) is 6.07 Å². The highest BCUT2D eigenvalue weighted by molar-refractivity contribution is 8.00. The molecule has 7 heteroatoms. The van der Waals surface area contributed by atoms with Gasteiger partial charge in [0.15, 0.2) is 0 Å². The van der Waals surface area contributed by atoms with Gasteiger partial charge in [0, 0.05) is 17.3 Å². The van der Waals surface area contributed by atoms with E-state index >= 15 is 0 Å². The molecule has 0 aromatic heterocycles. The lowest BCUT2D eigenvalue weighted by Gasteiger charge is -2.07. The molecule has 0 saturated carbocycles. The molecule has 0 bridgehead atoms. The number of carboxylic acid groups (broad SMARTS) is 1. The second kappa shape index (κ2) is 8.84. The van der Waals surface area contributed by atoms with Crippen LogP contribution in [0.3, 0.4) is 0 Å². The lowest BCUT2D eigenvalue weighted by atomic mass is 10.1. The van der Waals surface area contributed by atoms with Crippen LogP contribution in [0, 0.1) is 0 Å². The molecule has 4 N–H and O–H groups in total. The van der Waals surface area contributed by atoms with Gasteiger partial charge in [-0.15, -0.1) is 11.8 Å². The van der Waals surface area contributed by atoms with Gasteiger partial charge in [-0.25, -0.2) is 0 Å². The van der Waals surface area contributed by atoms with Gasteiger partial charge < -0.3 is 16.2 Å². The molecule has 0 aliphatic rings. The molecule has 0 fully saturated rings. The molecule has 0 saturated heterocycles. The van der Waals surface area contributed by atoms with Crippen molar-refractivity contribution in [2.45, 2.75) is 12.5 Å². The van der Waals surface area contributed by atoms with Gasteiger partial charge in [-0.1, -0.05) is 23.7 Å². The van der Waals surface area contributed by atoms with Crippen LogP contribution in [0.4, 0.5) is 0 Å². The predicted molar refractivity (Wildman–Crippen MR) is 81.1 cm³/mol. The minimum Gasteiger partial charge on any atom is -0.480 e. The first kappa shape index (κ1) is 16.8. The number of hydrogen-bond acceptors (Lipinski definition) is 4. The number of carbonyl (C=O) groups is 2. The number of thioether (sulfide) groups is 1. The Kier molecular flexibility index (Phi) is 7.43. The third-order valence-corrected chi connectivity index (χ3v) is 3.77. The molecule has 1 atom stereocenters. The van der Waals surface area contributed by atoms with Crippen molar-refractivity contribution in [2.75, 3.05) is 18.1 Å². The van der Waals surface area contributed by atoms with Crippen molar-refractivity contribution in [3.63, 3.8) is 0 Å². The second-order valence-corrected chi connectivity index (χ2v) is 5.66. The Morgan fingerprint density at radius 2 is 2.20 bits per heavy atom. The van der Waals surface area contributed by atoms with Crippen molar-refractivity contribution in [3.8, 4) is 0 Å². The molecule has 1 aromatic carbocycles. The van der Waals surface area contributed by atoms with Gasteiger partial charge in [0.05, 0.1) is 5.75 Å². The van der Waals surface area contributed by atoms with Crippen LogP contribution in [-0.2, 0) is 16.0 Å². The highest BCUT2D eigenvalue weighted by atomic mass is 35.5. The molecule has 1 aromatic rings. The summed E-state index contributed by atoms with van der Waals surface area (Å²) in [5, 5.41) is 12.0. The Bertz CT molecular complexity index is 471. The summed E-state index contributed by atoms with van der Waals surface area (Å²) in [5.41, 5.74) is 6.38. The van der Waals surface area contributed by atoms with Gasteiger partial charge in [0.1, 0.15) is 6.04 Å². The van der Waals surface area contributed by atoms with E-state index < -0.39 is 12.0 Å².